The molecule has 134 valence electrons. The topological polar surface area (TPSA) is 53.5 Å². The summed E-state index contributed by atoms with van der Waals surface area (Å²) < 4.78 is 0. The number of rotatable bonds is 2. The minimum atomic E-state index is -0.335. The van der Waals surface area contributed by atoms with E-state index in [9.17, 15) is 9.59 Å². The SMILES string of the molecule is O=C(c1ccncc1)N1CCC2(CCCN(C3CCCCC3)C2=O)C1. The van der Waals surface area contributed by atoms with Crippen molar-refractivity contribution < 1.29 is 9.59 Å². The van der Waals surface area contributed by atoms with Crippen LogP contribution in [0.3, 0.4) is 0 Å². The third-order valence-corrected chi connectivity index (χ3v) is 6.35. The molecule has 0 aromatic carbocycles. The van der Waals surface area contributed by atoms with Crippen LogP contribution in [0.15, 0.2) is 24.5 Å². The summed E-state index contributed by atoms with van der Waals surface area (Å²) in [6.45, 7) is 2.17. The van der Waals surface area contributed by atoms with Crippen LogP contribution in [-0.2, 0) is 4.79 Å². The smallest absolute Gasteiger partial charge is 0.253 e. The molecule has 1 saturated carbocycles. The summed E-state index contributed by atoms with van der Waals surface area (Å²) in [4.78, 5) is 34.1. The van der Waals surface area contributed by atoms with Gasteiger partial charge in [0.05, 0.1) is 5.41 Å². The first-order chi connectivity index (χ1) is 12.2. The lowest BCUT2D eigenvalue weighted by molar-refractivity contribution is -0.149. The van der Waals surface area contributed by atoms with Crippen molar-refractivity contribution in [3.05, 3.63) is 30.1 Å². The molecule has 25 heavy (non-hydrogen) atoms. The second kappa shape index (κ2) is 6.77. The molecule has 4 rings (SSSR count). The molecule has 5 heteroatoms. The Morgan fingerprint density at radius 1 is 1.04 bits per heavy atom. The first-order valence-electron chi connectivity index (χ1n) is 9.70. The van der Waals surface area contributed by atoms with Gasteiger partial charge >= 0.3 is 0 Å². The highest BCUT2D eigenvalue weighted by Crippen LogP contribution is 2.42. The van der Waals surface area contributed by atoms with Crippen LogP contribution in [-0.4, -0.2) is 52.3 Å². The van der Waals surface area contributed by atoms with E-state index in [2.05, 4.69) is 9.88 Å². The summed E-state index contributed by atoms with van der Waals surface area (Å²) in [5.41, 5.74) is 0.331. The van der Waals surface area contributed by atoms with Crippen molar-refractivity contribution in [1.29, 1.82) is 0 Å². The van der Waals surface area contributed by atoms with Crippen LogP contribution >= 0.6 is 0 Å². The van der Waals surface area contributed by atoms with Crippen molar-refractivity contribution in [3.63, 3.8) is 0 Å². The van der Waals surface area contributed by atoms with Crippen LogP contribution in [0.5, 0.6) is 0 Å². The van der Waals surface area contributed by atoms with Gasteiger partial charge in [-0.25, -0.2) is 0 Å². The summed E-state index contributed by atoms with van der Waals surface area (Å²) in [6.07, 6.45) is 12.2. The van der Waals surface area contributed by atoms with Crippen LogP contribution in [0, 0.1) is 5.41 Å². The molecule has 0 bridgehead atoms. The van der Waals surface area contributed by atoms with Crippen molar-refractivity contribution in [2.45, 2.75) is 57.4 Å². The minimum Gasteiger partial charge on any atom is -0.339 e. The predicted molar refractivity (Wildman–Crippen MR) is 95.0 cm³/mol. The largest absolute Gasteiger partial charge is 0.339 e. The highest BCUT2D eigenvalue weighted by molar-refractivity contribution is 5.95. The van der Waals surface area contributed by atoms with Gasteiger partial charge in [0, 0.05) is 43.6 Å². The van der Waals surface area contributed by atoms with Gasteiger partial charge < -0.3 is 9.80 Å². The van der Waals surface area contributed by atoms with Crippen LogP contribution in [0.1, 0.15) is 61.7 Å². The number of amides is 2. The Morgan fingerprint density at radius 3 is 2.56 bits per heavy atom. The number of carbonyl (C=O) groups excluding carboxylic acids is 2. The predicted octanol–water partition coefficient (Wildman–Crippen LogP) is 2.87. The van der Waals surface area contributed by atoms with Crippen LogP contribution < -0.4 is 0 Å². The van der Waals surface area contributed by atoms with Crippen LogP contribution in [0.25, 0.3) is 0 Å². The molecular formula is C20H27N3O2. The lowest BCUT2D eigenvalue weighted by atomic mass is 9.77. The zero-order valence-corrected chi connectivity index (χ0v) is 14.8. The fraction of sp³-hybridized carbons (Fsp3) is 0.650. The average molecular weight is 341 g/mol. The maximum atomic E-state index is 13.3. The molecule has 1 spiro atoms. The number of piperidine rings is 1. The molecule has 1 aromatic heterocycles. The molecule has 5 nitrogen and oxygen atoms in total. The van der Waals surface area contributed by atoms with Crippen molar-refractivity contribution in [2.75, 3.05) is 19.6 Å². The van der Waals surface area contributed by atoms with E-state index in [1.165, 1.54) is 19.3 Å². The fourth-order valence-electron chi connectivity index (χ4n) is 4.94. The van der Waals surface area contributed by atoms with Crippen molar-refractivity contribution >= 4 is 11.8 Å². The van der Waals surface area contributed by atoms with E-state index in [0.717, 1.165) is 38.6 Å². The van der Waals surface area contributed by atoms with E-state index >= 15 is 0 Å². The molecule has 0 N–H and O–H groups in total. The molecule has 3 fully saturated rings. The maximum absolute atomic E-state index is 13.3. The second-order valence-corrected chi connectivity index (χ2v) is 7.89. The molecule has 3 heterocycles. The highest BCUT2D eigenvalue weighted by atomic mass is 16.2. The molecule has 1 unspecified atom stereocenters. The van der Waals surface area contributed by atoms with Gasteiger partial charge in [-0.05, 0) is 44.2 Å². The van der Waals surface area contributed by atoms with E-state index in [4.69, 9.17) is 0 Å². The molecule has 2 aliphatic heterocycles. The van der Waals surface area contributed by atoms with E-state index in [-0.39, 0.29) is 11.3 Å². The van der Waals surface area contributed by atoms with E-state index < -0.39 is 0 Å². The molecule has 3 aliphatic rings. The van der Waals surface area contributed by atoms with E-state index in [0.29, 0.717) is 30.6 Å². The van der Waals surface area contributed by atoms with Gasteiger partial charge in [0.1, 0.15) is 0 Å². The average Bonchev–Trinajstić information content (AvgIpc) is 3.10. The number of pyridine rings is 1. The van der Waals surface area contributed by atoms with Crippen LogP contribution in [0.4, 0.5) is 0 Å². The first-order valence-corrected chi connectivity index (χ1v) is 9.70. The Labute approximate surface area is 149 Å². The fourth-order valence-corrected chi connectivity index (χ4v) is 4.94. The molecule has 1 atom stereocenters. The number of likely N-dealkylation sites (tertiary alicyclic amines) is 2. The standard InChI is InChI=1S/C20H27N3O2/c24-18(16-7-11-21-12-8-16)22-14-10-20(15-22)9-4-13-23(19(20)25)17-5-2-1-3-6-17/h7-8,11-12,17H,1-6,9-10,13-15H2. The zero-order valence-electron chi connectivity index (χ0n) is 14.8. The molecular weight excluding hydrogens is 314 g/mol. The second-order valence-electron chi connectivity index (χ2n) is 7.89. The Balaban J connectivity index is 1.48. The lowest BCUT2D eigenvalue weighted by Gasteiger charge is -2.44. The number of aromatic nitrogens is 1. The monoisotopic (exact) mass is 341 g/mol. The Hall–Kier alpha value is -1.91. The first kappa shape index (κ1) is 16.6. The maximum Gasteiger partial charge on any atom is 0.253 e. The van der Waals surface area contributed by atoms with E-state index in [1.54, 1.807) is 24.5 Å². The number of hydrogen-bond acceptors (Lipinski definition) is 3. The third kappa shape index (κ3) is 3.05. The summed E-state index contributed by atoms with van der Waals surface area (Å²) >= 11 is 0. The molecule has 0 radical (unpaired) electrons. The summed E-state index contributed by atoms with van der Waals surface area (Å²) in [7, 11) is 0. The summed E-state index contributed by atoms with van der Waals surface area (Å²) in [6, 6.07) is 3.94. The Morgan fingerprint density at radius 2 is 1.80 bits per heavy atom. The normalized spacial score (nSPS) is 27.9. The number of hydrogen-bond donors (Lipinski definition) is 0. The summed E-state index contributed by atoms with van der Waals surface area (Å²) in [5, 5.41) is 0. The van der Waals surface area contributed by atoms with Gasteiger partial charge in [-0.1, -0.05) is 19.3 Å². The molecule has 2 amide bonds. The quantitative estimate of drug-likeness (QED) is 0.831. The third-order valence-electron chi connectivity index (χ3n) is 6.35. The van der Waals surface area contributed by atoms with Gasteiger partial charge in [0.2, 0.25) is 5.91 Å². The molecule has 1 aliphatic carbocycles. The molecule has 2 saturated heterocycles. The van der Waals surface area contributed by atoms with Gasteiger partial charge in [0.15, 0.2) is 0 Å². The summed E-state index contributed by atoms with van der Waals surface area (Å²) in [5.74, 6) is 0.345. The highest BCUT2D eigenvalue weighted by Gasteiger charge is 2.50. The van der Waals surface area contributed by atoms with E-state index in [1.807, 2.05) is 4.90 Å². The molecule has 1 aromatic rings. The van der Waals surface area contributed by atoms with Gasteiger partial charge in [-0.2, -0.15) is 0 Å². The number of carbonyl (C=O) groups is 2. The van der Waals surface area contributed by atoms with Crippen molar-refractivity contribution in [1.82, 2.24) is 14.8 Å². The van der Waals surface area contributed by atoms with Crippen molar-refractivity contribution in [3.8, 4) is 0 Å². The van der Waals surface area contributed by atoms with Gasteiger partial charge in [-0.3, -0.25) is 14.6 Å². The van der Waals surface area contributed by atoms with Gasteiger partial charge in [0.25, 0.3) is 5.91 Å². The van der Waals surface area contributed by atoms with Crippen LogP contribution in [0.2, 0.25) is 0 Å². The Bertz CT molecular complexity index is 642. The minimum absolute atomic E-state index is 0.0295. The zero-order chi connectivity index (χ0) is 17.3. The Kier molecular flexibility index (Phi) is 4.48. The lowest BCUT2D eigenvalue weighted by Crippen LogP contribution is -2.54. The van der Waals surface area contributed by atoms with Crippen molar-refractivity contribution in [2.24, 2.45) is 5.41 Å². The van der Waals surface area contributed by atoms with Gasteiger partial charge in [-0.15, -0.1) is 0 Å². The number of nitrogens with zero attached hydrogens (tertiary/aromatic N) is 3.